The fourth-order valence-electron chi connectivity index (χ4n) is 3.47. The Morgan fingerprint density at radius 3 is 2.14 bits per heavy atom. The summed E-state index contributed by atoms with van der Waals surface area (Å²) in [7, 11) is 0. The van der Waals surface area contributed by atoms with Gasteiger partial charge in [-0.25, -0.2) is 0 Å². The van der Waals surface area contributed by atoms with Crippen LogP contribution in [0, 0.1) is 0 Å². The fourth-order valence-corrected chi connectivity index (χ4v) is 4.72. The Morgan fingerprint density at radius 1 is 1.14 bits per heavy atom. The van der Waals surface area contributed by atoms with Crippen LogP contribution < -0.4 is 5.32 Å². The lowest BCUT2D eigenvalue weighted by atomic mass is 9.81. The Labute approximate surface area is 139 Å². The molecule has 0 aliphatic heterocycles. The predicted molar refractivity (Wildman–Crippen MR) is 96.6 cm³/mol. The molecular weight excluding hydrogens is 300 g/mol. The molecule has 0 aliphatic carbocycles. The van der Waals surface area contributed by atoms with Crippen molar-refractivity contribution in [2.45, 2.75) is 65.5 Å². The summed E-state index contributed by atoms with van der Waals surface area (Å²) in [6, 6.07) is 4.58. The molecular formula is C17H31ClN2S. The van der Waals surface area contributed by atoms with Gasteiger partial charge in [0.25, 0.3) is 0 Å². The number of hydrogen-bond donors (Lipinski definition) is 1. The smallest absolute Gasteiger partial charge is 0.0931 e. The summed E-state index contributed by atoms with van der Waals surface area (Å²) in [6.07, 6.45) is 3.43. The average molecular weight is 331 g/mol. The van der Waals surface area contributed by atoms with Crippen LogP contribution in [0.25, 0.3) is 0 Å². The second-order valence-electron chi connectivity index (χ2n) is 5.51. The van der Waals surface area contributed by atoms with Gasteiger partial charge in [-0.3, -0.25) is 4.90 Å². The number of nitrogens with zero attached hydrogens (tertiary/aromatic N) is 1. The molecule has 0 aliphatic rings. The van der Waals surface area contributed by atoms with Crippen molar-refractivity contribution in [2.24, 2.45) is 0 Å². The molecule has 1 atom stereocenters. The average Bonchev–Trinajstić information content (AvgIpc) is 2.93. The van der Waals surface area contributed by atoms with E-state index in [2.05, 4.69) is 50.9 Å². The van der Waals surface area contributed by atoms with Crippen molar-refractivity contribution >= 4 is 22.9 Å². The second-order valence-corrected chi connectivity index (χ2v) is 7.26. The van der Waals surface area contributed by atoms with Gasteiger partial charge in [0.15, 0.2) is 0 Å². The van der Waals surface area contributed by atoms with Gasteiger partial charge in [0.05, 0.1) is 10.4 Å². The van der Waals surface area contributed by atoms with Crippen molar-refractivity contribution in [3.63, 3.8) is 0 Å². The van der Waals surface area contributed by atoms with E-state index in [0.29, 0.717) is 6.04 Å². The van der Waals surface area contributed by atoms with Crippen molar-refractivity contribution in [1.29, 1.82) is 0 Å². The first-order valence-corrected chi connectivity index (χ1v) is 9.52. The molecule has 4 heteroatoms. The van der Waals surface area contributed by atoms with E-state index >= 15 is 0 Å². The van der Waals surface area contributed by atoms with Crippen LogP contribution in [0.4, 0.5) is 0 Å². The zero-order valence-corrected chi connectivity index (χ0v) is 15.8. The third-order valence-electron chi connectivity index (χ3n) is 4.63. The maximum absolute atomic E-state index is 6.20. The highest BCUT2D eigenvalue weighted by molar-refractivity contribution is 7.16. The minimum absolute atomic E-state index is 0.160. The van der Waals surface area contributed by atoms with Crippen molar-refractivity contribution in [3.8, 4) is 0 Å². The van der Waals surface area contributed by atoms with Crippen LogP contribution in [0.5, 0.6) is 0 Å². The van der Waals surface area contributed by atoms with Gasteiger partial charge in [0.1, 0.15) is 0 Å². The summed E-state index contributed by atoms with van der Waals surface area (Å²) < 4.78 is 0.883. The molecule has 1 heterocycles. The zero-order valence-electron chi connectivity index (χ0n) is 14.2. The molecule has 1 aromatic rings. The lowest BCUT2D eigenvalue weighted by Crippen LogP contribution is -2.56. The predicted octanol–water partition coefficient (Wildman–Crippen LogP) is 5.34. The van der Waals surface area contributed by atoms with Crippen molar-refractivity contribution in [2.75, 3.05) is 19.6 Å². The molecule has 0 aromatic carbocycles. The number of hydrogen-bond acceptors (Lipinski definition) is 3. The largest absolute Gasteiger partial charge is 0.308 e. The Kier molecular flexibility index (Phi) is 8.25. The second kappa shape index (κ2) is 9.14. The normalized spacial score (nSPS) is 13.9. The third-order valence-corrected chi connectivity index (χ3v) is 5.93. The van der Waals surface area contributed by atoms with E-state index in [-0.39, 0.29) is 5.54 Å². The van der Waals surface area contributed by atoms with Gasteiger partial charge in [-0.05, 0) is 51.0 Å². The molecule has 0 saturated carbocycles. The quantitative estimate of drug-likeness (QED) is 0.622. The number of thiophene rings is 1. The molecule has 0 radical (unpaired) electrons. The molecule has 2 nitrogen and oxygen atoms in total. The van der Waals surface area contributed by atoms with E-state index in [1.807, 2.05) is 6.07 Å². The van der Waals surface area contributed by atoms with Gasteiger partial charge in [-0.15, -0.1) is 11.3 Å². The van der Waals surface area contributed by atoms with E-state index in [9.17, 15) is 0 Å². The molecule has 21 heavy (non-hydrogen) atoms. The first-order chi connectivity index (χ1) is 10.1. The van der Waals surface area contributed by atoms with Crippen LogP contribution in [0.2, 0.25) is 4.34 Å². The van der Waals surface area contributed by atoms with Crippen LogP contribution >= 0.6 is 22.9 Å². The number of halogens is 1. The fraction of sp³-hybridized carbons (Fsp3) is 0.765. The van der Waals surface area contributed by atoms with Crippen LogP contribution in [0.15, 0.2) is 12.1 Å². The molecule has 1 aromatic heterocycles. The highest BCUT2D eigenvalue weighted by atomic mass is 35.5. The standard InChI is InChI=1S/C17H31ClN2S/c1-6-13-19-16(14-11-12-15(18)21-14)17(7-2,8-3)20(9-4)10-5/h11-12,16,19H,6-10,13H2,1-5H3. The summed E-state index contributed by atoms with van der Waals surface area (Å²) in [5.74, 6) is 0. The summed E-state index contributed by atoms with van der Waals surface area (Å²) in [6.45, 7) is 14.6. The minimum atomic E-state index is 0.160. The molecule has 0 amide bonds. The van der Waals surface area contributed by atoms with Crippen molar-refractivity contribution in [3.05, 3.63) is 21.3 Å². The summed E-state index contributed by atoms with van der Waals surface area (Å²) >= 11 is 7.92. The van der Waals surface area contributed by atoms with Crippen LogP contribution in [-0.4, -0.2) is 30.1 Å². The lowest BCUT2D eigenvalue weighted by molar-refractivity contribution is 0.0499. The summed E-state index contributed by atoms with van der Waals surface area (Å²) in [5.41, 5.74) is 0.160. The van der Waals surface area contributed by atoms with Gasteiger partial charge >= 0.3 is 0 Å². The molecule has 1 rings (SSSR count). The van der Waals surface area contributed by atoms with Crippen LogP contribution in [0.1, 0.15) is 64.8 Å². The summed E-state index contributed by atoms with van der Waals surface area (Å²) in [4.78, 5) is 3.98. The van der Waals surface area contributed by atoms with E-state index in [1.54, 1.807) is 11.3 Å². The number of likely N-dealkylation sites (N-methyl/N-ethyl adjacent to an activating group) is 1. The Bertz CT molecular complexity index is 397. The van der Waals surface area contributed by atoms with Gasteiger partial charge in [-0.1, -0.05) is 46.2 Å². The maximum Gasteiger partial charge on any atom is 0.0931 e. The van der Waals surface area contributed by atoms with E-state index in [0.717, 1.165) is 43.2 Å². The topological polar surface area (TPSA) is 15.3 Å². The SMILES string of the molecule is CCCNC(c1ccc(Cl)s1)C(CC)(CC)N(CC)CC. The third kappa shape index (κ3) is 4.22. The molecule has 0 spiro atoms. The molecule has 1 N–H and O–H groups in total. The first kappa shape index (κ1) is 19.0. The van der Waals surface area contributed by atoms with Crippen molar-refractivity contribution < 1.29 is 0 Å². The van der Waals surface area contributed by atoms with Crippen LogP contribution in [0.3, 0.4) is 0 Å². The monoisotopic (exact) mass is 330 g/mol. The Hall–Kier alpha value is -0.0900. The van der Waals surface area contributed by atoms with Crippen molar-refractivity contribution in [1.82, 2.24) is 10.2 Å². The summed E-state index contributed by atoms with van der Waals surface area (Å²) in [5, 5.41) is 3.80. The number of rotatable bonds is 10. The van der Waals surface area contributed by atoms with Crippen LogP contribution in [-0.2, 0) is 0 Å². The van der Waals surface area contributed by atoms with E-state index < -0.39 is 0 Å². The van der Waals surface area contributed by atoms with Gasteiger partial charge in [-0.2, -0.15) is 0 Å². The van der Waals surface area contributed by atoms with E-state index in [4.69, 9.17) is 11.6 Å². The minimum Gasteiger partial charge on any atom is -0.308 e. The lowest BCUT2D eigenvalue weighted by Gasteiger charge is -2.48. The molecule has 1 unspecified atom stereocenters. The Balaban J connectivity index is 3.22. The van der Waals surface area contributed by atoms with E-state index in [1.165, 1.54) is 4.88 Å². The molecule has 0 bridgehead atoms. The first-order valence-electron chi connectivity index (χ1n) is 8.33. The van der Waals surface area contributed by atoms with Gasteiger partial charge in [0.2, 0.25) is 0 Å². The highest BCUT2D eigenvalue weighted by Gasteiger charge is 2.41. The molecule has 0 saturated heterocycles. The zero-order chi connectivity index (χ0) is 15.9. The molecule has 0 fully saturated rings. The molecule has 122 valence electrons. The highest BCUT2D eigenvalue weighted by Crippen LogP contribution is 2.40. The van der Waals surface area contributed by atoms with Gasteiger partial charge in [0, 0.05) is 10.4 Å². The van der Waals surface area contributed by atoms with Gasteiger partial charge < -0.3 is 5.32 Å². The maximum atomic E-state index is 6.20. The number of nitrogens with one attached hydrogen (secondary N) is 1. The Morgan fingerprint density at radius 2 is 1.76 bits per heavy atom.